The van der Waals surface area contributed by atoms with Crippen molar-refractivity contribution in [3.8, 4) is 16.9 Å². The molecular formula is C29H23F5N8O4. The van der Waals surface area contributed by atoms with Gasteiger partial charge >= 0.3 is 6.36 Å². The lowest BCUT2D eigenvalue weighted by molar-refractivity contribution is -0.275. The highest BCUT2D eigenvalue weighted by molar-refractivity contribution is 6.05. The zero-order valence-corrected chi connectivity index (χ0v) is 23.8. The Labute approximate surface area is 255 Å². The molecule has 3 N–H and O–H groups in total. The van der Waals surface area contributed by atoms with Gasteiger partial charge in [0.2, 0.25) is 11.8 Å². The van der Waals surface area contributed by atoms with Gasteiger partial charge in [-0.15, -0.1) is 13.2 Å². The zero-order valence-electron chi connectivity index (χ0n) is 23.8. The molecule has 46 heavy (non-hydrogen) atoms. The van der Waals surface area contributed by atoms with Gasteiger partial charge in [0.1, 0.15) is 18.8 Å². The van der Waals surface area contributed by atoms with Gasteiger partial charge in [-0.2, -0.15) is 10.2 Å². The average Bonchev–Trinajstić information content (AvgIpc) is 3.67. The van der Waals surface area contributed by atoms with E-state index in [1.165, 1.54) is 4.68 Å². The molecule has 2 atom stereocenters. The number of ether oxygens (including phenoxy) is 1. The van der Waals surface area contributed by atoms with Gasteiger partial charge < -0.3 is 20.7 Å². The molecule has 0 bridgehead atoms. The van der Waals surface area contributed by atoms with Crippen LogP contribution in [0.4, 0.5) is 27.6 Å². The van der Waals surface area contributed by atoms with Crippen molar-refractivity contribution >= 4 is 40.0 Å². The number of aromatic nitrogens is 5. The number of likely N-dealkylation sites (tertiary alicyclic amines) is 1. The number of rotatable bonds is 7. The second-order valence-electron chi connectivity index (χ2n) is 10.6. The zero-order chi connectivity index (χ0) is 32.9. The van der Waals surface area contributed by atoms with Crippen molar-refractivity contribution in [2.45, 2.75) is 38.5 Å². The molecule has 1 fully saturated rings. The number of anilines is 1. The Bertz CT molecular complexity index is 2020. The molecule has 1 saturated heterocycles. The number of amides is 3. The van der Waals surface area contributed by atoms with Crippen molar-refractivity contribution in [3.05, 3.63) is 72.1 Å². The minimum Gasteiger partial charge on any atom is -0.403 e. The van der Waals surface area contributed by atoms with Gasteiger partial charge in [0.25, 0.3) is 5.91 Å². The number of aryl methyl sites for hydroxylation is 1. The third-order valence-corrected chi connectivity index (χ3v) is 7.36. The fraction of sp³-hybridized carbons (Fsp3) is 0.241. The number of nitrogens with one attached hydrogen (secondary N) is 1. The SMILES string of the molecule is Cc1cc2ncc(-c3ccc4c(c3)c(C(N)=O)nn4CC(=O)N3C[C@H](F)C[C@H]3C(=O)Nc3cccc(OC(F)(F)F)c3F)cn2n1. The van der Waals surface area contributed by atoms with Crippen molar-refractivity contribution in [2.75, 3.05) is 11.9 Å². The molecule has 0 radical (unpaired) electrons. The molecule has 1 aliphatic heterocycles. The summed E-state index contributed by atoms with van der Waals surface area (Å²) in [6, 6.07) is 8.09. The van der Waals surface area contributed by atoms with Crippen molar-refractivity contribution < 1.29 is 41.1 Å². The van der Waals surface area contributed by atoms with Crippen LogP contribution in [-0.4, -0.2) is 72.1 Å². The normalized spacial score (nSPS) is 16.7. The summed E-state index contributed by atoms with van der Waals surface area (Å²) >= 11 is 0. The Morgan fingerprint density at radius 2 is 1.89 bits per heavy atom. The standard InChI is InChI=1S/C29H23F5N8O4/c1-14-7-23-36-10-16(11-42(23)38-14)15-5-6-20-18(8-15)26(27(35)44)39-41(20)13-24(43)40-12-17(30)9-21(40)28(45)37-19-3-2-4-22(25(19)31)46-29(32,33)34/h2-8,10-11,17,21H,9,12-13H2,1H3,(H2,35,44)(H,37,45)/t17-,21+/m1/s1. The van der Waals surface area contributed by atoms with Crippen LogP contribution >= 0.6 is 0 Å². The Hall–Kier alpha value is -5.61. The number of halogens is 5. The lowest BCUT2D eigenvalue weighted by Gasteiger charge is -2.24. The number of alkyl halides is 4. The van der Waals surface area contributed by atoms with E-state index in [9.17, 15) is 36.3 Å². The average molecular weight is 643 g/mol. The second kappa shape index (κ2) is 11.4. The number of fused-ring (bicyclic) bond motifs is 2. The third kappa shape index (κ3) is 5.90. The largest absolute Gasteiger partial charge is 0.573 e. The van der Waals surface area contributed by atoms with Crippen molar-refractivity contribution in [1.82, 2.24) is 29.3 Å². The predicted molar refractivity (Wildman–Crippen MR) is 152 cm³/mol. The molecule has 12 nitrogen and oxygen atoms in total. The summed E-state index contributed by atoms with van der Waals surface area (Å²) in [5.74, 6) is -5.34. The van der Waals surface area contributed by atoms with Crippen LogP contribution < -0.4 is 15.8 Å². The van der Waals surface area contributed by atoms with Crippen LogP contribution in [0.5, 0.6) is 5.75 Å². The van der Waals surface area contributed by atoms with E-state index in [1.54, 1.807) is 35.1 Å². The van der Waals surface area contributed by atoms with Gasteiger partial charge in [0, 0.05) is 35.8 Å². The van der Waals surface area contributed by atoms with E-state index in [1.807, 2.05) is 13.0 Å². The maximum atomic E-state index is 14.6. The predicted octanol–water partition coefficient (Wildman–Crippen LogP) is 3.77. The molecule has 6 rings (SSSR count). The van der Waals surface area contributed by atoms with Crippen molar-refractivity contribution in [2.24, 2.45) is 5.73 Å². The number of carbonyl (C=O) groups is 3. The van der Waals surface area contributed by atoms with E-state index in [2.05, 4.69) is 25.2 Å². The van der Waals surface area contributed by atoms with Crippen LogP contribution in [0, 0.1) is 12.7 Å². The van der Waals surface area contributed by atoms with Crippen LogP contribution in [0.2, 0.25) is 0 Å². The fourth-order valence-corrected chi connectivity index (χ4v) is 5.36. The van der Waals surface area contributed by atoms with Crippen LogP contribution in [-0.2, 0) is 16.1 Å². The Morgan fingerprint density at radius 1 is 1.11 bits per heavy atom. The molecule has 1 aliphatic rings. The summed E-state index contributed by atoms with van der Waals surface area (Å²) in [5, 5.41) is 11.0. The Balaban J connectivity index is 1.25. The monoisotopic (exact) mass is 642 g/mol. The van der Waals surface area contributed by atoms with Crippen LogP contribution in [0.1, 0.15) is 22.6 Å². The molecular weight excluding hydrogens is 619 g/mol. The highest BCUT2D eigenvalue weighted by Gasteiger charge is 2.40. The molecule has 0 aliphatic carbocycles. The number of hydrogen-bond acceptors (Lipinski definition) is 7. The van der Waals surface area contributed by atoms with E-state index in [4.69, 9.17) is 5.73 Å². The topological polar surface area (TPSA) is 150 Å². The van der Waals surface area contributed by atoms with E-state index in [0.717, 1.165) is 28.8 Å². The number of nitrogens with two attached hydrogens (primary N) is 1. The van der Waals surface area contributed by atoms with Gasteiger partial charge in [0.15, 0.2) is 22.9 Å². The van der Waals surface area contributed by atoms with Crippen LogP contribution in [0.15, 0.2) is 54.9 Å². The fourth-order valence-electron chi connectivity index (χ4n) is 5.36. The summed E-state index contributed by atoms with van der Waals surface area (Å²) in [6.07, 6.45) is -3.86. The van der Waals surface area contributed by atoms with Crippen molar-refractivity contribution in [3.63, 3.8) is 0 Å². The minimum atomic E-state index is -5.18. The molecule has 17 heteroatoms. The lowest BCUT2D eigenvalue weighted by atomic mass is 10.1. The van der Waals surface area contributed by atoms with Gasteiger partial charge in [-0.3, -0.25) is 19.1 Å². The number of hydrogen-bond donors (Lipinski definition) is 2. The molecule has 0 saturated carbocycles. The smallest absolute Gasteiger partial charge is 0.403 e. The Kier molecular flexibility index (Phi) is 7.53. The first-order chi connectivity index (χ1) is 21.8. The van der Waals surface area contributed by atoms with E-state index < -0.39 is 73.1 Å². The summed E-state index contributed by atoms with van der Waals surface area (Å²) in [7, 11) is 0. The van der Waals surface area contributed by atoms with E-state index in [0.29, 0.717) is 27.7 Å². The molecule has 0 unspecified atom stereocenters. The van der Waals surface area contributed by atoms with Gasteiger partial charge in [-0.05, 0) is 36.8 Å². The first-order valence-corrected chi connectivity index (χ1v) is 13.7. The number of nitrogens with zero attached hydrogens (tertiary/aromatic N) is 6. The number of carbonyl (C=O) groups excluding carboxylic acids is 3. The highest BCUT2D eigenvalue weighted by Crippen LogP contribution is 2.31. The maximum Gasteiger partial charge on any atom is 0.573 e. The molecule has 4 heterocycles. The molecule has 0 spiro atoms. The second-order valence-corrected chi connectivity index (χ2v) is 10.6. The lowest BCUT2D eigenvalue weighted by Crippen LogP contribution is -2.44. The molecule has 2 aromatic carbocycles. The first kappa shape index (κ1) is 30.4. The Morgan fingerprint density at radius 3 is 2.63 bits per heavy atom. The van der Waals surface area contributed by atoms with E-state index >= 15 is 0 Å². The number of benzene rings is 2. The van der Waals surface area contributed by atoms with E-state index in [-0.39, 0.29) is 5.69 Å². The maximum absolute atomic E-state index is 14.6. The molecule has 238 valence electrons. The number of primary amides is 1. The van der Waals surface area contributed by atoms with Gasteiger partial charge in [-0.1, -0.05) is 12.1 Å². The summed E-state index contributed by atoms with van der Waals surface area (Å²) in [6.45, 7) is 0.823. The van der Waals surface area contributed by atoms with Crippen LogP contribution in [0.3, 0.4) is 0 Å². The highest BCUT2D eigenvalue weighted by atomic mass is 19.4. The first-order valence-electron chi connectivity index (χ1n) is 13.7. The summed E-state index contributed by atoms with van der Waals surface area (Å²) < 4.78 is 73.4. The summed E-state index contributed by atoms with van der Waals surface area (Å²) in [4.78, 5) is 44.1. The minimum absolute atomic E-state index is 0.135. The molecule has 3 aromatic heterocycles. The molecule has 3 amide bonds. The van der Waals surface area contributed by atoms with Gasteiger partial charge in [0.05, 0.1) is 23.4 Å². The van der Waals surface area contributed by atoms with Gasteiger partial charge in [-0.25, -0.2) is 18.3 Å². The van der Waals surface area contributed by atoms with Crippen molar-refractivity contribution in [1.29, 1.82) is 0 Å². The molecule has 5 aromatic rings. The quantitative estimate of drug-likeness (QED) is 0.257. The summed E-state index contributed by atoms with van der Waals surface area (Å²) in [5.41, 5.74) is 7.87. The third-order valence-electron chi connectivity index (χ3n) is 7.36. The van der Waals surface area contributed by atoms with Crippen LogP contribution in [0.25, 0.3) is 27.7 Å².